The molecule has 0 bridgehead atoms. The average molecular weight is 445 g/mol. The minimum absolute atomic E-state index is 0.133. The minimum Gasteiger partial charge on any atom is -0.299 e. The van der Waals surface area contributed by atoms with Crippen LogP contribution in [-0.2, 0) is 19.1 Å². The summed E-state index contributed by atoms with van der Waals surface area (Å²) < 4.78 is 32.5. The van der Waals surface area contributed by atoms with Crippen LogP contribution >= 0.6 is 0 Å². The molecule has 7 atom stereocenters. The highest BCUT2D eigenvalue weighted by Gasteiger charge is 2.62. The quantitative estimate of drug-likeness (QED) is 0.563. The maximum atomic E-state index is 13.2. The standard InChI is InChI=1S/C26H36O4S/c1-17-7-10-19(11-8-17)31(28,29)30-24-6-4-5-18-9-12-20-21-13-14-23(27)25(21,2)16-15-22(20)26(18,24)3/h7-8,10-11,18,20-22,24H,4-6,9,12-16H2,1-3H3/t18-,20+,21+,22+,24?,25+,26+/m1/s1. The monoisotopic (exact) mass is 444 g/mol. The summed E-state index contributed by atoms with van der Waals surface area (Å²) in [4.78, 5) is 13.0. The summed E-state index contributed by atoms with van der Waals surface area (Å²) in [6.07, 6.45) is 8.80. The first-order valence-corrected chi connectivity index (χ1v) is 13.6. The lowest BCUT2D eigenvalue weighted by molar-refractivity contribution is -0.157. The Hall–Kier alpha value is -1.20. The Morgan fingerprint density at radius 3 is 2.42 bits per heavy atom. The van der Waals surface area contributed by atoms with Crippen molar-refractivity contribution in [2.45, 2.75) is 89.6 Å². The van der Waals surface area contributed by atoms with Crippen LogP contribution in [0.15, 0.2) is 29.2 Å². The molecule has 1 unspecified atom stereocenters. The van der Waals surface area contributed by atoms with Gasteiger partial charge in [0.05, 0.1) is 11.0 Å². The van der Waals surface area contributed by atoms with Crippen LogP contribution in [0.4, 0.5) is 0 Å². The van der Waals surface area contributed by atoms with Crippen molar-refractivity contribution in [1.82, 2.24) is 0 Å². The SMILES string of the molecule is Cc1ccc(S(=O)(=O)OC2CCC[C@@H]3CC[C@@H]4[C@H](CC[C@]5(C)C(=O)CC[C@@H]45)[C@@]23C)cc1. The van der Waals surface area contributed by atoms with Gasteiger partial charge in [0.15, 0.2) is 0 Å². The zero-order valence-electron chi connectivity index (χ0n) is 19.1. The number of benzene rings is 1. The Balaban J connectivity index is 1.46. The lowest BCUT2D eigenvalue weighted by Crippen LogP contribution is -2.58. The van der Waals surface area contributed by atoms with Gasteiger partial charge < -0.3 is 0 Å². The summed E-state index contributed by atoms with van der Waals surface area (Å²) in [5.41, 5.74) is 0.755. The molecule has 170 valence electrons. The number of ketones is 1. The van der Waals surface area contributed by atoms with E-state index in [1.54, 1.807) is 12.1 Å². The van der Waals surface area contributed by atoms with E-state index < -0.39 is 10.1 Å². The van der Waals surface area contributed by atoms with E-state index in [9.17, 15) is 13.2 Å². The Morgan fingerprint density at radius 2 is 1.68 bits per heavy atom. The van der Waals surface area contributed by atoms with Gasteiger partial charge in [0.2, 0.25) is 0 Å². The molecular formula is C26H36O4S. The third-order valence-electron chi connectivity index (χ3n) is 9.94. The lowest BCUT2D eigenvalue weighted by Gasteiger charge is -2.61. The smallest absolute Gasteiger partial charge is 0.297 e. The van der Waals surface area contributed by atoms with Crippen LogP contribution in [0, 0.1) is 41.4 Å². The molecule has 0 spiro atoms. The second kappa shape index (κ2) is 7.41. The van der Waals surface area contributed by atoms with E-state index in [2.05, 4.69) is 13.8 Å². The number of rotatable bonds is 3. The maximum Gasteiger partial charge on any atom is 0.297 e. The third-order valence-corrected chi connectivity index (χ3v) is 11.3. The van der Waals surface area contributed by atoms with Gasteiger partial charge in [0, 0.05) is 17.3 Å². The summed E-state index contributed by atoms with van der Waals surface area (Å²) >= 11 is 0. The van der Waals surface area contributed by atoms with Gasteiger partial charge in [-0.05, 0) is 87.7 Å². The number of Topliss-reactive ketones (excluding diaryl/α,β-unsaturated/α-hetero) is 1. The van der Waals surface area contributed by atoms with E-state index >= 15 is 0 Å². The second-order valence-corrected chi connectivity index (χ2v) is 12.8. The molecule has 0 aliphatic heterocycles. The molecule has 5 rings (SSSR count). The summed E-state index contributed by atoms with van der Waals surface area (Å²) in [6.45, 7) is 6.48. The first kappa shape index (κ1) is 21.6. The van der Waals surface area contributed by atoms with Crippen molar-refractivity contribution >= 4 is 15.9 Å². The molecule has 5 heteroatoms. The minimum atomic E-state index is -3.80. The summed E-state index contributed by atoms with van der Waals surface area (Å²) in [7, 11) is -3.80. The summed E-state index contributed by atoms with van der Waals surface area (Å²) in [6, 6.07) is 6.98. The van der Waals surface area contributed by atoms with Crippen molar-refractivity contribution in [1.29, 1.82) is 0 Å². The number of hydrogen-bond acceptors (Lipinski definition) is 4. The highest BCUT2D eigenvalue weighted by molar-refractivity contribution is 7.86. The largest absolute Gasteiger partial charge is 0.299 e. The van der Waals surface area contributed by atoms with E-state index in [0.29, 0.717) is 29.5 Å². The van der Waals surface area contributed by atoms with Crippen molar-refractivity contribution in [2.24, 2.45) is 34.5 Å². The molecule has 1 aromatic carbocycles. The number of aryl methyl sites for hydroxylation is 1. The molecule has 4 saturated carbocycles. The van der Waals surface area contributed by atoms with E-state index in [4.69, 9.17) is 4.18 Å². The topological polar surface area (TPSA) is 60.4 Å². The normalized spacial score (nSPS) is 42.5. The molecule has 0 amide bonds. The van der Waals surface area contributed by atoms with Gasteiger partial charge >= 0.3 is 0 Å². The summed E-state index contributed by atoms with van der Waals surface area (Å²) in [5, 5.41) is 0. The fraction of sp³-hybridized carbons (Fsp3) is 0.731. The number of hydrogen-bond donors (Lipinski definition) is 0. The highest BCUT2D eigenvalue weighted by atomic mass is 32.2. The first-order valence-electron chi connectivity index (χ1n) is 12.2. The van der Waals surface area contributed by atoms with Crippen molar-refractivity contribution < 1.29 is 17.4 Å². The fourth-order valence-corrected chi connectivity index (χ4v) is 9.31. The van der Waals surface area contributed by atoms with Gasteiger partial charge in [-0.25, -0.2) is 0 Å². The van der Waals surface area contributed by atoms with E-state index in [1.807, 2.05) is 19.1 Å². The van der Waals surface area contributed by atoms with Crippen molar-refractivity contribution in [2.75, 3.05) is 0 Å². The van der Waals surface area contributed by atoms with Crippen LogP contribution in [-0.4, -0.2) is 20.3 Å². The van der Waals surface area contributed by atoms with Crippen molar-refractivity contribution in [3.63, 3.8) is 0 Å². The van der Waals surface area contributed by atoms with Crippen LogP contribution in [0.2, 0.25) is 0 Å². The lowest BCUT2D eigenvalue weighted by atomic mass is 9.44. The van der Waals surface area contributed by atoms with Crippen LogP contribution in [0.3, 0.4) is 0 Å². The van der Waals surface area contributed by atoms with Crippen LogP contribution < -0.4 is 0 Å². The van der Waals surface area contributed by atoms with Crippen LogP contribution in [0.25, 0.3) is 0 Å². The van der Waals surface area contributed by atoms with Crippen LogP contribution in [0.5, 0.6) is 0 Å². The van der Waals surface area contributed by atoms with E-state index in [-0.39, 0.29) is 21.8 Å². The summed E-state index contributed by atoms with van der Waals surface area (Å²) in [5.74, 6) is 2.42. The Kier molecular flexibility index (Phi) is 5.17. The van der Waals surface area contributed by atoms with Gasteiger partial charge in [-0.3, -0.25) is 8.98 Å². The van der Waals surface area contributed by atoms with Crippen LogP contribution in [0.1, 0.15) is 77.2 Å². The van der Waals surface area contributed by atoms with E-state index in [1.165, 1.54) is 12.8 Å². The Bertz CT molecular complexity index is 968. The number of carbonyl (C=O) groups is 1. The zero-order valence-corrected chi connectivity index (χ0v) is 19.9. The second-order valence-electron chi connectivity index (χ2n) is 11.2. The number of fused-ring (bicyclic) bond motifs is 5. The third kappa shape index (κ3) is 3.25. The molecule has 0 radical (unpaired) electrons. The number of carbonyl (C=O) groups excluding carboxylic acids is 1. The maximum absolute atomic E-state index is 13.2. The van der Waals surface area contributed by atoms with Gasteiger partial charge in [-0.15, -0.1) is 0 Å². The first-order chi connectivity index (χ1) is 14.7. The molecule has 31 heavy (non-hydrogen) atoms. The molecule has 4 fully saturated rings. The highest BCUT2D eigenvalue weighted by Crippen LogP contribution is 2.66. The van der Waals surface area contributed by atoms with Gasteiger partial charge in [-0.1, -0.05) is 38.0 Å². The molecule has 0 N–H and O–H groups in total. The molecule has 4 aliphatic rings. The molecular weight excluding hydrogens is 408 g/mol. The molecule has 1 aromatic rings. The van der Waals surface area contributed by atoms with E-state index in [0.717, 1.165) is 50.5 Å². The molecule has 4 aliphatic carbocycles. The predicted octanol–water partition coefficient (Wildman–Crippen LogP) is 5.68. The fourth-order valence-electron chi connectivity index (χ4n) is 8.12. The Labute approximate surface area is 187 Å². The molecule has 4 nitrogen and oxygen atoms in total. The average Bonchev–Trinajstić information content (AvgIpc) is 3.03. The predicted molar refractivity (Wildman–Crippen MR) is 120 cm³/mol. The van der Waals surface area contributed by atoms with Gasteiger partial charge in [0.1, 0.15) is 5.78 Å². The molecule has 0 aromatic heterocycles. The van der Waals surface area contributed by atoms with Crippen molar-refractivity contribution in [3.05, 3.63) is 29.8 Å². The van der Waals surface area contributed by atoms with Gasteiger partial charge in [-0.2, -0.15) is 8.42 Å². The zero-order chi connectivity index (χ0) is 22.0. The molecule has 0 heterocycles. The Morgan fingerprint density at radius 1 is 0.935 bits per heavy atom. The van der Waals surface area contributed by atoms with Gasteiger partial charge in [0.25, 0.3) is 10.1 Å². The van der Waals surface area contributed by atoms with Crippen molar-refractivity contribution in [3.8, 4) is 0 Å². The molecule has 0 saturated heterocycles.